The lowest BCUT2D eigenvalue weighted by Gasteiger charge is -2.31. The van der Waals surface area contributed by atoms with Gasteiger partial charge in [-0.2, -0.15) is 0 Å². The zero-order chi connectivity index (χ0) is 15.5. The van der Waals surface area contributed by atoms with E-state index < -0.39 is 0 Å². The number of nitrogens with zero attached hydrogens (tertiary/aromatic N) is 2. The van der Waals surface area contributed by atoms with Crippen molar-refractivity contribution in [3.05, 3.63) is 36.3 Å². The van der Waals surface area contributed by atoms with Gasteiger partial charge in [-0.05, 0) is 31.4 Å². The Hall–Kier alpha value is -1.88. The Balaban J connectivity index is 2.03. The molecular formula is C16H24N4O. The molecule has 114 valence electrons. The lowest BCUT2D eigenvalue weighted by atomic mass is 9.90. The zero-order valence-corrected chi connectivity index (χ0v) is 13.0. The number of pyridine rings is 1. The summed E-state index contributed by atoms with van der Waals surface area (Å²) < 4.78 is 1.92. The highest BCUT2D eigenvalue weighted by atomic mass is 16.1. The Kier molecular flexibility index (Phi) is 4.63. The molecule has 0 bridgehead atoms. The highest BCUT2D eigenvalue weighted by molar-refractivity contribution is 5.79. The minimum absolute atomic E-state index is 0.0352. The van der Waals surface area contributed by atoms with Crippen LogP contribution in [-0.2, 0) is 11.2 Å². The fourth-order valence-electron chi connectivity index (χ4n) is 2.70. The quantitative estimate of drug-likeness (QED) is 0.850. The summed E-state index contributed by atoms with van der Waals surface area (Å²) in [7, 11) is 0. The highest BCUT2D eigenvalue weighted by Gasteiger charge is 2.26. The molecule has 0 aliphatic heterocycles. The standard InChI is InChI=1S/C16H24N4O/c1-12(2)9-16(3,11-17)19-15(21)8-13-10-20-7-5-4-6-14(20)18-13/h4-7,10,12H,8-9,11,17H2,1-3H3,(H,19,21). The lowest BCUT2D eigenvalue weighted by Crippen LogP contribution is -2.52. The van der Waals surface area contributed by atoms with Gasteiger partial charge in [0.2, 0.25) is 5.91 Å². The van der Waals surface area contributed by atoms with Gasteiger partial charge in [-0.15, -0.1) is 0 Å². The van der Waals surface area contributed by atoms with Crippen LogP contribution >= 0.6 is 0 Å². The molecule has 5 nitrogen and oxygen atoms in total. The van der Waals surface area contributed by atoms with Gasteiger partial charge in [0.05, 0.1) is 12.1 Å². The van der Waals surface area contributed by atoms with E-state index in [-0.39, 0.29) is 17.9 Å². The number of imidazole rings is 1. The summed E-state index contributed by atoms with van der Waals surface area (Å²) in [5.41, 5.74) is 7.08. The van der Waals surface area contributed by atoms with Gasteiger partial charge in [0, 0.05) is 24.5 Å². The molecule has 0 aromatic carbocycles. The van der Waals surface area contributed by atoms with E-state index >= 15 is 0 Å². The van der Waals surface area contributed by atoms with Crippen molar-refractivity contribution < 1.29 is 4.79 Å². The van der Waals surface area contributed by atoms with Crippen LogP contribution < -0.4 is 11.1 Å². The van der Waals surface area contributed by atoms with Gasteiger partial charge >= 0.3 is 0 Å². The van der Waals surface area contributed by atoms with Crippen LogP contribution in [0, 0.1) is 5.92 Å². The molecule has 1 amide bonds. The number of nitrogens with one attached hydrogen (secondary N) is 1. The van der Waals surface area contributed by atoms with Crippen molar-refractivity contribution >= 4 is 11.6 Å². The Morgan fingerprint density at radius 3 is 2.86 bits per heavy atom. The molecule has 0 aliphatic rings. The average molecular weight is 288 g/mol. The first-order valence-corrected chi connectivity index (χ1v) is 7.35. The second kappa shape index (κ2) is 6.26. The molecule has 1 unspecified atom stereocenters. The number of nitrogens with two attached hydrogens (primary N) is 1. The second-order valence-electron chi connectivity index (χ2n) is 6.29. The van der Waals surface area contributed by atoms with Gasteiger partial charge in [0.15, 0.2) is 0 Å². The third kappa shape index (κ3) is 4.04. The molecule has 0 aliphatic carbocycles. The SMILES string of the molecule is CC(C)CC(C)(CN)NC(=O)Cc1cn2ccccc2n1. The number of hydrogen-bond donors (Lipinski definition) is 2. The molecule has 2 aromatic heterocycles. The monoisotopic (exact) mass is 288 g/mol. The third-order valence-electron chi connectivity index (χ3n) is 3.51. The van der Waals surface area contributed by atoms with E-state index in [4.69, 9.17) is 5.73 Å². The largest absolute Gasteiger partial charge is 0.349 e. The van der Waals surface area contributed by atoms with Gasteiger partial charge in [-0.1, -0.05) is 19.9 Å². The molecule has 0 saturated heterocycles. The number of rotatable bonds is 6. The van der Waals surface area contributed by atoms with Crippen LogP contribution in [0.2, 0.25) is 0 Å². The molecule has 2 heterocycles. The molecular weight excluding hydrogens is 264 g/mol. The number of carbonyl (C=O) groups is 1. The Morgan fingerprint density at radius 1 is 1.48 bits per heavy atom. The summed E-state index contributed by atoms with van der Waals surface area (Å²) in [5, 5.41) is 3.05. The van der Waals surface area contributed by atoms with Crippen molar-refractivity contribution in [3.63, 3.8) is 0 Å². The molecule has 2 aromatic rings. The number of aromatic nitrogens is 2. The summed E-state index contributed by atoms with van der Waals surface area (Å²) in [6.45, 7) is 6.68. The van der Waals surface area contributed by atoms with Gasteiger partial charge < -0.3 is 15.5 Å². The smallest absolute Gasteiger partial charge is 0.226 e. The van der Waals surface area contributed by atoms with E-state index in [0.29, 0.717) is 12.5 Å². The first-order valence-electron chi connectivity index (χ1n) is 7.35. The molecule has 0 spiro atoms. The molecule has 0 radical (unpaired) electrons. The van der Waals surface area contributed by atoms with Crippen molar-refractivity contribution in [3.8, 4) is 0 Å². The summed E-state index contributed by atoms with van der Waals surface area (Å²) in [6, 6.07) is 5.79. The minimum atomic E-state index is -0.357. The molecule has 0 fully saturated rings. The van der Waals surface area contributed by atoms with E-state index in [2.05, 4.69) is 24.1 Å². The number of hydrogen-bond acceptors (Lipinski definition) is 3. The zero-order valence-electron chi connectivity index (χ0n) is 13.0. The van der Waals surface area contributed by atoms with Crippen LogP contribution in [0.5, 0.6) is 0 Å². The number of amides is 1. The third-order valence-corrected chi connectivity index (χ3v) is 3.51. The van der Waals surface area contributed by atoms with Crippen LogP contribution in [0.25, 0.3) is 5.65 Å². The molecule has 2 rings (SSSR count). The minimum Gasteiger partial charge on any atom is -0.349 e. The van der Waals surface area contributed by atoms with E-state index in [9.17, 15) is 4.79 Å². The van der Waals surface area contributed by atoms with Gasteiger partial charge in [-0.25, -0.2) is 4.98 Å². The molecule has 5 heteroatoms. The Bertz CT molecular complexity index is 587. The normalized spacial score (nSPS) is 14.3. The average Bonchev–Trinajstić information content (AvgIpc) is 2.79. The molecule has 3 N–H and O–H groups in total. The maximum absolute atomic E-state index is 12.2. The fourth-order valence-corrected chi connectivity index (χ4v) is 2.70. The van der Waals surface area contributed by atoms with Crippen LogP contribution in [0.1, 0.15) is 32.9 Å². The lowest BCUT2D eigenvalue weighted by molar-refractivity contribution is -0.122. The summed E-state index contributed by atoms with van der Waals surface area (Å²) in [5.74, 6) is 0.445. The van der Waals surface area contributed by atoms with Gasteiger partial charge in [-0.3, -0.25) is 4.79 Å². The predicted octanol–water partition coefficient (Wildman–Crippen LogP) is 1.76. The summed E-state index contributed by atoms with van der Waals surface area (Å²) >= 11 is 0. The second-order valence-corrected chi connectivity index (χ2v) is 6.29. The first-order chi connectivity index (χ1) is 9.92. The van der Waals surface area contributed by atoms with Crippen molar-refractivity contribution in [2.75, 3.05) is 6.54 Å². The van der Waals surface area contributed by atoms with Gasteiger partial charge in [0.25, 0.3) is 0 Å². The van der Waals surface area contributed by atoms with Crippen molar-refractivity contribution in [1.29, 1.82) is 0 Å². The fraction of sp³-hybridized carbons (Fsp3) is 0.500. The topological polar surface area (TPSA) is 72.4 Å². The summed E-state index contributed by atoms with van der Waals surface area (Å²) in [4.78, 5) is 16.7. The van der Waals surface area contributed by atoms with E-state index in [1.807, 2.05) is 41.9 Å². The maximum atomic E-state index is 12.2. The number of carbonyl (C=O) groups excluding carboxylic acids is 1. The van der Waals surface area contributed by atoms with Crippen molar-refractivity contribution in [1.82, 2.24) is 14.7 Å². The van der Waals surface area contributed by atoms with Crippen LogP contribution in [0.4, 0.5) is 0 Å². The predicted molar refractivity (Wildman–Crippen MR) is 84.0 cm³/mol. The van der Waals surface area contributed by atoms with E-state index in [0.717, 1.165) is 17.8 Å². The Labute approximate surface area is 125 Å². The molecule has 0 saturated carbocycles. The highest BCUT2D eigenvalue weighted by Crippen LogP contribution is 2.15. The van der Waals surface area contributed by atoms with E-state index in [1.165, 1.54) is 0 Å². The van der Waals surface area contributed by atoms with Gasteiger partial charge in [0.1, 0.15) is 5.65 Å². The maximum Gasteiger partial charge on any atom is 0.226 e. The van der Waals surface area contributed by atoms with Crippen LogP contribution in [0.3, 0.4) is 0 Å². The van der Waals surface area contributed by atoms with Crippen molar-refractivity contribution in [2.24, 2.45) is 11.7 Å². The van der Waals surface area contributed by atoms with Crippen LogP contribution in [0.15, 0.2) is 30.6 Å². The summed E-state index contributed by atoms with van der Waals surface area (Å²) in [6.07, 6.45) is 4.94. The van der Waals surface area contributed by atoms with Crippen LogP contribution in [-0.4, -0.2) is 27.4 Å². The van der Waals surface area contributed by atoms with E-state index in [1.54, 1.807) is 0 Å². The Morgan fingerprint density at radius 2 is 2.24 bits per heavy atom. The molecule has 21 heavy (non-hydrogen) atoms. The first kappa shape index (κ1) is 15.5. The molecule has 1 atom stereocenters. The van der Waals surface area contributed by atoms with Crippen molar-refractivity contribution in [2.45, 2.75) is 39.2 Å². The number of fused-ring (bicyclic) bond motifs is 1.